The third-order valence-electron chi connectivity index (χ3n) is 4.61. The Morgan fingerprint density at radius 3 is 2.54 bits per heavy atom. The SMILES string of the molecule is COc1ccc2ccc(OC(=O)CN3C(=O)[C@H](C)Oc4ccccc43)cc2c1. The Kier molecular flexibility index (Phi) is 4.61. The average Bonchev–Trinajstić information content (AvgIpc) is 2.70. The van der Waals surface area contributed by atoms with E-state index in [1.54, 1.807) is 44.4 Å². The molecule has 1 amide bonds. The smallest absolute Gasteiger partial charge is 0.331 e. The minimum atomic E-state index is -0.657. The highest BCUT2D eigenvalue weighted by Gasteiger charge is 2.32. The lowest BCUT2D eigenvalue weighted by molar-refractivity contribution is -0.135. The third-order valence-corrected chi connectivity index (χ3v) is 4.61. The van der Waals surface area contributed by atoms with Gasteiger partial charge in [-0.05, 0) is 54.1 Å². The van der Waals surface area contributed by atoms with Crippen LogP contribution in [0.2, 0.25) is 0 Å². The monoisotopic (exact) mass is 377 g/mol. The highest BCUT2D eigenvalue weighted by molar-refractivity contribution is 6.03. The van der Waals surface area contributed by atoms with Gasteiger partial charge >= 0.3 is 5.97 Å². The first-order valence-corrected chi connectivity index (χ1v) is 8.91. The van der Waals surface area contributed by atoms with Gasteiger partial charge in [0, 0.05) is 0 Å². The van der Waals surface area contributed by atoms with Gasteiger partial charge in [-0.15, -0.1) is 0 Å². The van der Waals surface area contributed by atoms with Gasteiger partial charge in [0.2, 0.25) is 0 Å². The summed E-state index contributed by atoms with van der Waals surface area (Å²) in [6.45, 7) is 1.47. The molecule has 4 rings (SSSR count). The van der Waals surface area contributed by atoms with Crippen molar-refractivity contribution in [2.24, 2.45) is 0 Å². The van der Waals surface area contributed by atoms with Crippen LogP contribution >= 0.6 is 0 Å². The number of carbonyl (C=O) groups excluding carboxylic acids is 2. The number of benzene rings is 3. The summed E-state index contributed by atoms with van der Waals surface area (Å²) >= 11 is 0. The predicted molar refractivity (Wildman–Crippen MR) is 105 cm³/mol. The van der Waals surface area contributed by atoms with Crippen molar-refractivity contribution in [2.75, 3.05) is 18.6 Å². The molecule has 0 aromatic heterocycles. The van der Waals surface area contributed by atoms with E-state index in [0.717, 1.165) is 16.5 Å². The Bertz CT molecular complexity index is 1060. The number of rotatable bonds is 4. The molecule has 1 aliphatic rings. The molecule has 3 aromatic carbocycles. The Hall–Kier alpha value is -3.54. The highest BCUT2D eigenvalue weighted by atomic mass is 16.5. The summed E-state index contributed by atoms with van der Waals surface area (Å²) in [5.74, 6) is 0.895. The zero-order valence-electron chi connectivity index (χ0n) is 15.5. The number of hydrogen-bond donors (Lipinski definition) is 0. The normalized spacial score (nSPS) is 15.7. The van der Waals surface area contributed by atoms with E-state index < -0.39 is 12.1 Å². The van der Waals surface area contributed by atoms with Gasteiger partial charge in [0.25, 0.3) is 5.91 Å². The van der Waals surface area contributed by atoms with Crippen LogP contribution in [0.5, 0.6) is 17.2 Å². The van der Waals surface area contributed by atoms with Crippen molar-refractivity contribution in [3.05, 3.63) is 60.7 Å². The molecular weight excluding hydrogens is 358 g/mol. The molecule has 0 bridgehead atoms. The van der Waals surface area contributed by atoms with E-state index in [1.807, 2.05) is 30.3 Å². The van der Waals surface area contributed by atoms with Gasteiger partial charge in [0.15, 0.2) is 6.10 Å². The highest BCUT2D eigenvalue weighted by Crippen LogP contribution is 2.33. The van der Waals surface area contributed by atoms with E-state index in [4.69, 9.17) is 14.2 Å². The number of hydrogen-bond acceptors (Lipinski definition) is 5. The Morgan fingerprint density at radius 2 is 1.75 bits per heavy atom. The van der Waals surface area contributed by atoms with Crippen LogP contribution in [-0.2, 0) is 9.59 Å². The lowest BCUT2D eigenvalue weighted by atomic mass is 10.1. The maximum atomic E-state index is 12.5. The molecule has 0 unspecified atom stereocenters. The number of para-hydroxylation sites is 2. The number of methoxy groups -OCH3 is 1. The second-order valence-corrected chi connectivity index (χ2v) is 6.50. The fraction of sp³-hybridized carbons (Fsp3) is 0.182. The second kappa shape index (κ2) is 7.23. The topological polar surface area (TPSA) is 65.1 Å². The molecule has 1 heterocycles. The van der Waals surface area contributed by atoms with Gasteiger partial charge in [0.05, 0.1) is 12.8 Å². The number of esters is 1. The van der Waals surface area contributed by atoms with Gasteiger partial charge in [-0.3, -0.25) is 9.69 Å². The molecule has 0 saturated carbocycles. The molecule has 0 aliphatic carbocycles. The number of amides is 1. The van der Waals surface area contributed by atoms with Gasteiger partial charge in [-0.25, -0.2) is 4.79 Å². The van der Waals surface area contributed by atoms with Crippen LogP contribution in [0.3, 0.4) is 0 Å². The number of ether oxygens (including phenoxy) is 3. The molecule has 0 N–H and O–H groups in total. The quantitative estimate of drug-likeness (QED) is 0.514. The van der Waals surface area contributed by atoms with Gasteiger partial charge < -0.3 is 14.2 Å². The Balaban J connectivity index is 1.54. The summed E-state index contributed by atoms with van der Waals surface area (Å²) in [5, 5.41) is 1.90. The standard InChI is InChI=1S/C22H19NO5/c1-14-22(25)23(19-5-3-4-6-20(19)27-14)13-21(24)28-18-10-8-15-7-9-17(26-2)11-16(15)12-18/h3-12,14H,13H2,1-2H3/t14-/m0/s1. The summed E-state index contributed by atoms with van der Waals surface area (Å²) in [6, 6.07) is 18.2. The van der Waals surface area contributed by atoms with E-state index in [0.29, 0.717) is 17.2 Å². The first kappa shape index (κ1) is 17.9. The largest absolute Gasteiger partial charge is 0.497 e. The van der Waals surface area contributed by atoms with Gasteiger partial charge in [-0.1, -0.05) is 24.3 Å². The summed E-state index contributed by atoms with van der Waals surface area (Å²) in [5.41, 5.74) is 0.561. The van der Waals surface area contributed by atoms with Gasteiger partial charge in [-0.2, -0.15) is 0 Å². The number of anilines is 1. The second-order valence-electron chi connectivity index (χ2n) is 6.50. The third kappa shape index (κ3) is 3.36. The van der Waals surface area contributed by atoms with Crippen LogP contribution in [0.4, 0.5) is 5.69 Å². The zero-order valence-corrected chi connectivity index (χ0v) is 15.5. The summed E-state index contributed by atoms with van der Waals surface area (Å²) in [7, 11) is 1.60. The molecule has 3 aromatic rings. The van der Waals surface area contributed by atoms with E-state index in [9.17, 15) is 9.59 Å². The first-order valence-electron chi connectivity index (χ1n) is 8.91. The molecule has 1 aliphatic heterocycles. The maximum absolute atomic E-state index is 12.5. The van der Waals surface area contributed by atoms with E-state index in [1.165, 1.54) is 4.90 Å². The van der Waals surface area contributed by atoms with Crippen molar-refractivity contribution in [2.45, 2.75) is 13.0 Å². The lowest BCUT2D eigenvalue weighted by Crippen LogP contribution is -2.47. The van der Waals surface area contributed by atoms with Crippen molar-refractivity contribution >= 4 is 28.3 Å². The van der Waals surface area contributed by atoms with Crippen molar-refractivity contribution in [1.29, 1.82) is 0 Å². The molecule has 6 heteroatoms. The summed E-state index contributed by atoms with van der Waals surface area (Å²) in [6.07, 6.45) is -0.657. The van der Waals surface area contributed by atoms with Crippen molar-refractivity contribution < 1.29 is 23.8 Å². The van der Waals surface area contributed by atoms with Crippen LogP contribution in [0.15, 0.2) is 60.7 Å². The summed E-state index contributed by atoms with van der Waals surface area (Å²) < 4.78 is 16.3. The lowest BCUT2D eigenvalue weighted by Gasteiger charge is -2.32. The zero-order chi connectivity index (χ0) is 19.7. The van der Waals surface area contributed by atoms with Crippen molar-refractivity contribution in [3.63, 3.8) is 0 Å². The molecule has 28 heavy (non-hydrogen) atoms. The number of nitrogens with zero attached hydrogens (tertiary/aromatic N) is 1. The maximum Gasteiger partial charge on any atom is 0.331 e. The molecule has 0 fully saturated rings. The van der Waals surface area contributed by atoms with Crippen molar-refractivity contribution in [1.82, 2.24) is 0 Å². The fourth-order valence-corrected chi connectivity index (χ4v) is 3.21. The van der Waals surface area contributed by atoms with E-state index >= 15 is 0 Å². The van der Waals surface area contributed by atoms with Crippen LogP contribution in [0.25, 0.3) is 10.8 Å². The summed E-state index contributed by atoms with van der Waals surface area (Å²) in [4.78, 5) is 26.4. The fourth-order valence-electron chi connectivity index (χ4n) is 3.21. The molecule has 0 spiro atoms. The van der Waals surface area contributed by atoms with E-state index in [-0.39, 0.29) is 12.5 Å². The van der Waals surface area contributed by atoms with Gasteiger partial charge in [0.1, 0.15) is 23.8 Å². The minimum absolute atomic E-state index is 0.195. The van der Waals surface area contributed by atoms with E-state index in [2.05, 4.69) is 0 Å². The Labute approximate surface area is 162 Å². The molecule has 0 saturated heterocycles. The number of fused-ring (bicyclic) bond motifs is 2. The number of carbonyl (C=O) groups is 2. The predicted octanol–water partition coefficient (Wildman–Crippen LogP) is 3.57. The molecule has 6 nitrogen and oxygen atoms in total. The van der Waals surface area contributed by atoms with Crippen LogP contribution in [0.1, 0.15) is 6.92 Å². The van der Waals surface area contributed by atoms with Crippen LogP contribution < -0.4 is 19.1 Å². The molecule has 1 atom stereocenters. The van der Waals surface area contributed by atoms with Crippen molar-refractivity contribution in [3.8, 4) is 17.2 Å². The Morgan fingerprint density at radius 1 is 1.04 bits per heavy atom. The minimum Gasteiger partial charge on any atom is -0.497 e. The first-order chi connectivity index (χ1) is 13.5. The molecule has 0 radical (unpaired) electrons. The van der Waals surface area contributed by atoms with Crippen LogP contribution in [0, 0.1) is 0 Å². The molecular formula is C22H19NO5. The van der Waals surface area contributed by atoms with Crippen LogP contribution in [-0.4, -0.2) is 31.6 Å². The molecule has 142 valence electrons. The average molecular weight is 377 g/mol.